The number of hydrogen-bond donors (Lipinski definition) is 2. The minimum atomic E-state index is -0.380. The number of carbonyl (C=O) groups excluding carboxylic acids is 1. The molecule has 0 spiro atoms. The molecule has 3 N–H and O–H groups in total. The molecule has 1 atom stereocenters. The molecule has 0 saturated heterocycles. The van der Waals surface area contributed by atoms with Gasteiger partial charge in [0.15, 0.2) is 0 Å². The van der Waals surface area contributed by atoms with E-state index in [1.54, 1.807) is 17.8 Å². The summed E-state index contributed by atoms with van der Waals surface area (Å²) in [4.78, 5) is 11.1. The first-order chi connectivity index (χ1) is 6.79. The third-order valence-electron chi connectivity index (χ3n) is 2.04. The van der Waals surface area contributed by atoms with E-state index in [-0.39, 0.29) is 11.3 Å². The maximum absolute atomic E-state index is 11.1. The summed E-state index contributed by atoms with van der Waals surface area (Å²) in [6.07, 6.45) is 1.87. The fourth-order valence-corrected chi connectivity index (χ4v) is 2.22. The van der Waals surface area contributed by atoms with Crippen LogP contribution in [0.1, 0.15) is 21.3 Å². The van der Waals surface area contributed by atoms with Crippen molar-refractivity contribution in [2.45, 2.75) is 5.37 Å². The van der Waals surface area contributed by atoms with E-state index < -0.39 is 0 Å². The summed E-state index contributed by atoms with van der Waals surface area (Å²) in [6.45, 7) is 0. The van der Waals surface area contributed by atoms with Gasteiger partial charge in [-0.3, -0.25) is 4.79 Å². The Bertz CT molecular complexity index is 381. The number of thioether (sulfide) groups is 1. The van der Waals surface area contributed by atoms with Crippen LogP contribution in [0.5, 0.6) is 0 Å². The standard InChI is InChI=1S/C10H10N2OS/c11-9(13)7-3-1-2-4-8(7)10-12-5-6-14-10/h1-6,10,12H,(H2,11,13). The van der Waals surface area contributed by atoms with Gasteiger partial charge in [-0.25, -0.2) is 0 Å². The fraction of sp³-hybridized carbons (Fsp3) is 0.100. The molecule has 1 unspecified atom stereocenters. The Kier molecular flexibility index (Phi) is 2.45. The number of primary amides is 1. The lowest BCUT2D eigenvalue weighted by atomic mass is 10.1. The average Bonchev–Trinajstić information content (AvgIpc) is 2.70. The predicted octanol–water partition coefficient (Wildman–Crippen LogP) is 1.59. The van der Waals surface area contributed by atoms with E-state index in [2.05, 4.69) is 5.32 Å². The van der Waals surface area contributed by atoms with Crippen LogP contribution in [0.3, 0.4) is 0 Å². The van der Waals surface area contributed by atoms with Crippen molar-refractivity contribution < 1.29 is 4.79 Å². The number of rotatable bonds is 2. The van der Waals surface area contributed by atoms with Crippen LogP contribution >= 0.6 is 11.8 Å². The van der Waals surface area contributed by atoms with Crippen molar-refractivity contribution in [2.75, 3.05) is 0 Å². The highest BCUT2D eigenvalue weighted by molar-refractivity contribution is 8.02. The highest BCUT2D eigenvalue weighted by atomic mass is 32.2. The van der Waals surface area contributed by atoms with Crippen LogP contribution in [0.25, 0.3) is 0 Å². The second-order valence-corrected chi connectivity index (χ2v) is 3.95. The van der Waals surface area contributed by atoms with Crippen LogP contribution in [0, 0.1) is 0 Å². The second-order valence-electron chi connectivity index (χ2n) is 2.94. The number of carbonyl (C=O) groups is 1. The van der Waals surface area contributed by atoms with Crippen molar-refractivity contribution in [1.29, 1.82) is 0 Å². The Morgan fingerprint density at radius 1 is 1.43 bits per heavy atom. The molecule has 1 aliphatic rings. The molecule has 0 saturated carbocycles. The van der Waals surface area contributed by atoms with Crippen molar-refractivity contribution in [3.63, 3.8) is 0 Å². The van der Waals surface area contributed by atoms with Crippen molar-refractivity contribution in [3.8, 4) is 0 Å². The third kappa shape index (κ3) is 1.61. The number of nitrogens with two attached hydrogens (primary N) is 1. The predicted molar refractivity (Wildman–Crippen MR) is 57.6 cm³/mol. The summed E-state index contributed by atoms with van der Waals surface area (Å²) in [6, 6.07) is 7.38. The molecular formula is C10H10N2OS. The molecule has 1 heterocycles. The lowest BCUT2D eigenvalue weighted by Gasteiger charge is -2.13. The zero-order valence-corrected chi connectivity index (χ0v) is 8.25. The Morgan fingerprint density at radius 3 is 2.86 bits per heavy atom. The smallest absolute Gasteiger partial charge is 0.249 e. The zero-order chi connectivity index (χ0) is 9.97. The van der Waals surface area contributed by atoms with Gasteiger partial charge in [-0.2, -0.15) is 0 Å². The van der Waals surface area contributed by atoms with Gasteiger partial charge in [0.05, 0.1) is 0 Å². The highest BCUT2D eigenvalue weighted by Gasteiger charge is 2.18. The molecule has 0 aliphatic carbocycles. The summed E-state index contributed by atoms with van der Waals surface area (Å²) in [7, 11) is 0. The third-order valence-corrected chi connectivity index (χ3v) is 2.99. The van der Waals surface area contributed by atoms with Crippen molar-refractivity contribution in [3.05, 3.63) is 47.0 Å². The summed E-state index contributed by atoms with van der Waals surface area (Å²) < 4.78 is 0. The van der Waals surface area contributed by atoms with Gasteiger partial charge in [0, 0.05) is 11.8 Å². The first kappa shape index (κ1) is 9.15. The quantitative estimate of drug-likeness (QED) is 0.772. The molecule has 4 heteroatoms. The monoisotopic (exact) mass is 206 g/mol. The second kappa shape index (κ2) is 3.75. The van der Waals surface area contributed by atoms with Gasteiger partial charge in [0.2, 0.25) is 5.91 Å². The maximum Gasteiger partial charge on any atom is 0.249 e. The van der Waals surface area contributed by atoms with Gasteiger partial charge in [-0.05, 0) is 17.0 Å². The Balaban J connectivity index is 2.36. The maximum atomic E-state index is 11.1. The summed E-state index contributed by atoms with van der Waals surface area (Å²) in [5.74, 6) is -0.380. The SMILES string of the molecule is NC(=O)c1ccccc1C1NC=CS1. The van der Waals surface area contributed by atoms with Gasteiger partial charge in [0.25, 0.3) is 0 Å². The topological polar surface area (TPSA) is 55.1 Å². The van der Waals surface area contributed by atoms with E-state index in [4.69, 9.17) is 5.73 Å². The van der Waals surface area contributed by atoms with E-state index in [1.807, 2.05) is 29.8 Å². The largest absolute Gasteiger partial charge is 0.375 e. The fourth-order valence-electron chi connectivity index (χ4n) is 1.40. The summed E-state index contributed by atoms with van der Waals surface area (Å²) >= 11 is 1.63. The summed E-state index contributed by atoms with van der Waals surface area (Å²) in [5.41, 5.74) is 6.81. The van der Waals surface area contributed by atoms with Crippen LogP contribution in [0.2, 0.25) is 0 Å². The number of benzene rings is 1. The van der Waals surface area contributed by atoms with E-state index in [9.17, 15) is 4.79 Å². The molecular weight excluding hydrogens is 196 g/mol. The first-order valence-electron chi connectivity index (χ1n) is 4.24. The lowest BCUT2D eigenvalue weighted by molar-refractivity contribution is 0.0999. The molecule has 0 radical (unpaired) electrons. The van der Waals surface area contributed by atoms with Gasteiger partial charge in [0.1, 0.15) is 5.37 Å². The molecule has 0 fully saturated rings. The van der Waals surface area contributed by atoms with Gasteiger partial charge >= 0.3 is 0 Å². The zero-order valence-electron chi connectivity index (χ0n) is 7.44. The normalized spacial score (nSPS) is 19.3. The first-order valence-corrected chi connectivity index (χ1v) is 5.18. The molecule has 1 aliphatic heterocycles. The average molecular weight is 206 g/mol. The molecule has 0 bridgehead atoms. The Labute approximate surface area is 86.4 Å². The molecule has 1 amide bonds. The summed E-state index contributed by atoms with van der Waals surface area (Å²) in [5, 5.41) is 5.21. The highest BCUT2D eigenvalue weighted by Crippen LogP contribution is 2.32. The van der Waals surface area contributed by atoms with E-state index >= 15 is 0 Å². The molecule has 14 heavy (non-hydrogen) atoms. The molecule has 0 aromatic heterocycles. The van der Waals surface area contributed by atoms with Crippen LogP contribution < -0.4 is 11.1 Å². The van der Waals surface area contributed by atoms with Gasteiger partial charge in [-0.15, -0.1) is 11.8 Å². The van der Waals surface area contributed by atoms with Crippen LogP contribution in [-0.2, 0) is 0 Å². The van der Waals surface area contributed by atoms with E-state index in [0.717, 1.165) is 5.56 Å². The van der Waals surface area contributed by atoms with Gasteiger partial charge < -0.3 is 11.1 Å². The molecule has 72 valence electrons. The molecule has 1 aromatic carbocycles. The minimum Gasteiger partial charge on any atom is -0.375 e. The van der Waals surface area contributed by atoms with Gasteiger partial charge in [-0.1, -0.05) is 18.2 Å². The number of amides is 1. The van der Waals surface area contributed by atoms with Crippen LogP contribution in [0.4, 0.5) is 0 Å². The van der Waals surface area contributed by atoms with Crippen molar-refractivity contribution in [2.24, 2.45) is 5.73 Å². The van der Waals surface area contributed by atoms with Crippen LogP contribution in [0.15, 0.2) is 35.9 Å². The Hall–Kier alpha value is -1.42. The van der Waals surface area contributed by atoms with Crippen molar-refractivity contribution >= 4 is 17.7 Å². The van der Waals surface area contributed by atoms with E-state index in [1.165, 1.54) is 0 Å². The van der Waals surface area contributed by atoms with E-state index in [0.29, 0.717) is 5.56 Å². The number of nitrogens with one attached hydrogen (secondary N) is 1. The Morgan fingerprint density at radius 2 is 2.21 bits per heavy atom. The molecule has 2 rings (SSSR count). The number of hydrogen-bond acceptors (Lipinski definition) is 3. The minimum absolute atomic E-state index is 0.110. The molecule has 1 aromatic rings. The van der Waals surface area contributed by atoms with Crippen LogP contribution in [-0.4, -0.2) is 5.91 Å². The van der Waals surface area contributed by atoms with Crippen molar-refractivity contribution in [1.82, 2.24) is 5.32 Å². The lowest BCUT2D eigenvalue weighted by Crippen LogP contribution is -2.17. The molecule has 3 nitrogen and oxygen atoms in total.